The van der Waals surface area contributed by atoms with Crippen LogP contribution in [0.2, 0.25) is 0 Å². The van der Waals surface area contributed by atoms with Gasteiger partial charge in [-0.1, -0.05) is 23.9 Å². The first-order chi connectivity index (χ1) is 13.2. The van der Waals surface area contributed by atoms with Crippen molar-refractivity contribution < 1.29 is 31.5 Å². The molecule has 1 aromatic heterocycles. The molecule has 152 valence electrons. The van der Waals surface area contributed by atoms with Crippen LogP contribution in [0.15, 0.2) is 34.1 Å². The molecule has 0 aliphatic heterocycles. The predicted octanol–water partition coefficient (Wildman–Crippen LogP) is 1.74. The first-order valence-corrected chi connectivity index (χ1v) is 9.72. The van der Waals surface area contributed by atoms with Crippen molar-refractivity contribution in [2.24, 2.45) is 0 Å². The van der Waals surface area contributed by atoms with Crippen LogP contribution in [0.25, 0.3) is 0 Å². The van der Waals surface area contributed by atoms with Gasteiger partial charge in [0.25, 0.3) is 15.8 Å². The fourth-order valence-corrected chi connectivity index (χ4v) is 3.93. The summed E-state index contributed by atoms with van der Waals surface area (Å²) in [4.78, 5) is 23.9. The Bertz CT molecular complexity index is 939. The predicted molar refractivity (Wildman–Crippen MR) is 95.4 cm³/mol. The van der Waals surface area contributed by atoms with E-state index in [9.17, 15) is 22.0 Å². The number of halogens is 2. The third-order valence-corrected chi connectivity index (χ3v) is 5.42. The number of rotatable bonds is 7. The van der Waals surface area contributed by atoms with Crippen LogP contribution in [0.4, 0.5) is 19.5 Å². The SMILES string of the molecule is COc1nc(OC)nc(N(C)C(=O)NS(=O)(=O)c2ccccc2SC(F)F)n1. The number of alkyl halides is 2. The molecule has 14 heteroatoms. The number of carbonyl (C=O) groups excluding carboxylic acids is 1. The lowest BCUT2D eigenvalue weighted by atomic mass is 10.4. The third-order valence-electron chi connectivity index (χ3n) is 3.13. The highest BCUT2D eigenvalue weighted by Gasteiger charge is 2.26. The van der Waals surface area contributed by atoms with Gasteiger partial charge in [0.05, 0.1) is 14.2 Å². The average Bonchev–Trinajstić information content (AvgIpc) is 2.66. The van der Waals surface area contributed by atoms with Crippen molar-refractivity contribution in [3.05, 3.63) is 24.3 Å². The van der Waals surface area contributed by atoms with E-state index in [0.717, 1.165) is 11.0 Å². The largest absolute Gasteiger partial charge is 0.467 e. The second-order valence-corrected chi connectivity index (χ2v) is 7.59. The van der Waals surface area contributed by atoms with Crippen LogP contribution in [-0.4, -0.2) is 56.4 Å². The van der Waals surface area contributed by atoms with Crippen molar-refractivity contribution in [2.45, 2.75) is 15.5 Å². The Morgan fingerprint density at radius 2 is 1.71 bits per heavy atom. The maximum atomic E-state index is 12.7. The van der Waals surface area contributed by atoms with E-state index in [1.165, 1.54) is 39.5 Å². The molecular formula is C14H15F2N5O5S2. The Morgan fingerprint density at radius 1 is 1.14 bits per heavy atom. The number of amides is 2. The molecule has 0 unspecified atom stereocenters. The molecule has 2 amide bonds. The highest BCUT2D eigenvalue weighted by atomic mass is 32.2. The van der Waals surface area contributed by atoms with Gasteiger partial charge in [0.15, 0.2) is 0 Å². The zero-order chi connectivity index (χ0) is 20.9. The Hall–Kier alpha value is -2.74. The van der Waals surface area contributed by atoms with Crippen molar-refractivity contribution in [1.29, 1.82) is 0 Å². The minimum Gasteiger partial charge on any atom is -0.467 e. The second-order valence-electron chi connectivity index (χ2n) is 4.90. The van der Waals surface area contributed by atoms with Gasteiger partial charge in [-0.2, -0.15) is 18.7 Å². The number of ether oxygens (including phenoxy) is 2. The van der Waals surface area contributed by atoms with E-state index in [0.29, 0.717) is 0 Å². The first kappa shape index (κ1) is 21.6. The van der Waals surface area contributed by atoms with Gasteiger partial charge < -0.3 is 9.47 Å². The molecular weight excluding hydrogens is 420 g/mol. The molecule has 2 aromatic rings. The minimum absolute atomic E-state index is 0.0502. The molecule has 0 aliphatic rings. The van der Waals surface area contributed by atoms with E-state index in [2.05, 4.69) is 15.0 Å². The van der Waals surface area contributed by atoms with Crippen molar-refractivity contribution in [2.75, 3.05) is 26.2 Å². The van der Waals surface area contributed by atoms with Crippen LogP contribution in [0.3, 0.4) is 0 Å². The number of hydrogen-bond donors (Lipinski definition) is 1. The molecule has 0 spiro atoms. The highest BCUT2D eigenvalue weighted by Crippen LogP contribution is 2.31. The fraction of sp³-hybridized carbons (Fsp3) is 0.286. The molecule has 1 aromatic carbocycles. The molecule has 0 saturated heterocycles. The number of urea groups is 1. The summed E-state index contributed by atoms with van der Waals surface area (Å²) >= 11 is 0.0502. The standard InChI is InChI=1S/C14H15F2N5O5S2/c1-21(11-17-12(25-2)19-13(18-11)26-3)14(22)20-28(23,24)9-7-5-4-6-8(9)27-10(15)16/h4-7,10H,1-3H3,(H,20,22). The normalized spacial score (nSPS) is 11.2. The smallest absolute Gasteiger partial charge is 0.337 e. The monoisotopic (exact) mass is 435 g/mol. The van der Waals surface area contributed by atoms with E-state index in [4.69, 9.17) is 9.47 Å². The summed E-state index contributed by atoms with van der Waals surface area (Å²) in [5.74, 6) is -3.09. The minimum atomic E-state index is -4.45. The number of benzene rings is 1. The number of aromatic nitrogens is 3. The van der Waals surface area contributed by atoms with Crippen LogP contribution < -0.4 is 19.1 Å². The average molecular weight is 435 g/mol. The Morgan fingerprint density at radius 3 is 2.25 bits per heavy atom. The number of carbonyl (C=O) groups is 1. The summed E-state index contributed by atoms with van der Waals surface area (Å²) in [6, 6.07) is 3.61. The Labute approximate surface area is 163 Å². The summed E-state index contributed by atoms with van der Waals surface area (Å²) in [5, 5.41) is 0. The van der Waals surface area contributed by atoms with Gasteiger partial charge in [0, 0.05) is 11.9 Å². The summed E-state index contributed by atoms with van der Waals surface area (Å²) < 4.78 is 61.8. The van der Waals surface area contributed by atoms with Crippen molar-refractivity contribution in [3.8, 4) is 12.0 Å². The van der Waals surface area contributed by atoms with Gasteiger partial charge in [-0.05, 0) is 12.1 Å². The molecule has 2 rings (SSSR count). The number of anilines is 1. The van der Waals surface area contributed by atoms with Gasteiger partial charge in [-0.15, -0.1) is 4.98 Å². The lowest BCUT2D eigenvalue weighted by Gasteiger charge is -2.17. The Balaban J connectivity index is 2.29. The lowest BCUT2D eigenvalue weighted by molar-refractivity contribution is 0.251. The molecule has 0 saturated carbocycles. The van der Waals surface area contributed by atoms with Crippen LogP contribution in [0, 0.1) is 0 Å². The summed E-state index contributed by atoms with van der Waals surface area (Å²) in [5.41, 5.74) is 0. The topological polar surface area (TPSA) is 124 Å². The molecule has 10 nitrogen and oxygen atoms in total. The fourth-order valence-electron chi connectivity index (χ4n) is 1.86. The van der Waals surface area contributed by atoms with Crippen LogP contribution in [-0.2, 0) is 10.0 Å². The first-order valence-electron chi connectivity index (χ1n) is 7.36. The number of hydrogen-bond acceptors (Lipinski definition) is 9. The van der Waals surface area contributed by atoms with Crippen molar-refractivity contribution >= 4 is 33.8 Å². The maximum Gasteiger partial charge on any atom is 0.337 e. The second kappa shape index (κ2) is 8.97. The molecule has 0 radical (unpaired) electrons. The quantitative estimate of drug-likeness (QED) is 0.648. The molecule has 0 aliphatic carbocycles. The zero-order valence-electron chi connectivity index (χ0n) is 14.8. The molecule has 0 fully saturated rings. The summed E-state index contributed by atoms with van der Waals surface area (Å²) in [7, 11) is -0.699. The van der Waals surface area contributed by atoms with E-state index in [1.807, 2.05) is 0 Å². The van der Waals surface area contributed by atoms with Crippen LogP contribution >= 0.6 is 11.8 Å². The third kappa shape index (κ3) is 5.16. The van der Waals surface area contributed by atoms with Gasteiger partial charge in [0.1, 0.15) is 4.90 Å². The highest BCUT2D eigenvalue weighted by molar-refractivity contribution is 8.00. The van der Waals surface area contributed by atoms with E-state index in [1.54, 1.807) is 4.72 Å². The van der Waals surface area contributed by atoms with Crippen molar-refractivity contribution in [3.63, 3.8) is 0 Å². The number of sulfonamides is 1. The Kier molecular flexibility index (Phi) is 6.90. The van der Waals surface area contributed by atoms with Gasteiger partial charge in [-0.3, -0.25) is 4.90 Å². The summed E-state index contributed by atoms with van der Waals surface area (Å²) in [6.07, 6.45) is 0. The van der Waals surface area contributed by atoms with E-state index >= 15 is 0 Å². The van der Waals surface area contributed by atoms with Gasteiger partial charge >= 0.3 is 18.1 Å². The van der Waals surface area contributed by atoms with Crippen molar-refractivity contribution in [1.82, 2.24) is 19.7 Å². The van der Waals surface area contributed by atoms with Crippen LogP contribution in [0.5, 0.6) is 12.0 Å². The zero-order valence-corrected chi connectivity index (χ0v) is 16.4. The van der Waals surface area contributed by atoms with Crippen LogP contribution in [0.1, 0.15) is 0 Å². The van der Waals surface area contributed by atoms with E-state index < -0.39 is 26.7 Å². The maximum absolute atomic E-state index is 12.7. The molecule has 0 bridgehead atoms. The molecule has 0 atom stereocenters. The summed E-state index contributed by atoms with van der Waals surface area (Å²) in [6.45, 7) is 0. The molecule has 1 N–H and O–H groups in total. The molecule has 1 heterocycles. The lowest BCUT2D eigenvalue weighted by Crippen LogP contribution is -2.41. The number of nitrogens with one attached hydrogen (secondary N) is 1. The van der Waals surface area contributed by atoms with E-state index in [-0.39, 0.29) is 34.6 Å². The molecule has 28 heavy (non-hydrogen) atoms. The van der Waals surface area contributed by atoms with Gasteiger partial charge in [0.2, 0.25) is 5.95 Å². The number of thioether (sulfide) groups is 1. The number of methoxy groups -OCH3 is 2. The van der Waals surface area contributed by atoms with Gasteiger partial charge in [-0.25, -0.2) is 17.9 Å². The number of nitrogens with zero attached hydrogens (tertiary/aromatic N) is 4.